The summed E-state index contributed by atoms with van der Waals surface area (Å²) in [6.45, 7) is 2.66. The van der Waals surface area contributed by atoms with E-state index in [2.05, 4.69) is 40.6 Å². The maximum Gasteiger partial charge on any atom is 0.0928 e. The van der Waals surface area contributed by atoms with Gasteiger partial charge in [-0.05, 0) is 24.4 Å². The fraction of sp³-hybridized carbons (Fsp3) is 0.438. The van der Waals surface area contributed by atoms with Crippen LogP contribution in [-0.4, -0.2) is 31.8 Å². The number of nitrogens with one attached hydrogen (secondary N) is 1. The lowest BCUT2D eigenvalue weighted by Gasteiger charge is -2.16. The van der Waals surface area contributed by atoms with Gasteiger partial charge in [-0.3, -0.25) is 0 Å². The first-order chi connectivity index (χ1) is 9.88. The Labute approximate surface area is 125 Å². The quantitative estimate of drug-likeness (QED) is 0.721. The minimum absolute atomic E-state index is 0.570. The molecule has 1 N–H and O–H groups in total. The molecule has 0 spiro atoms. The summed E-state index contributed by atoms with van der Waals surface area (Å²) in [5.41, 5.74) is 1.39. The van der Waals surface area contributed by atoms with E-state index < -0.39 is 0 Å². The maximum absolute atomic E-state index is 5.08. The smallest absolute Gasteiger partial charge is 0.0928 e. The Balaban J connectivity index is 1.89. The molecule has 2 rings (SSSR count). The van der Waals surface area contributed by atoms with Crippen LogP contribution in [0.5, 0.6) is 0 Å². The number of aromatic nitrogens is 1. The Morgan fingerprint density at radius 3 is 2.80 bits per heavy atom. The van der Waals surface area contributed by atoms with Crippen molar-refractivity contribution < 1.29 is 4.74 Å². The molecule has 1 aromatic carbocycles. The fourth-order valence-electron chi connectivity index (χ4n) is 2.25. The fourth-order valence-corrected chi connectivity index (χ4v) is 2.98. The first-order valence-corrected chi connectivity index (χ1v) is 7.88. The van der Waals surface area contributed by atoms with Crippen LogP contribution in [0.25, 0.3) is 0 Å². The normalized spacial score (nSPS) is 12.4. The molecule has 0 saturated heterocycles. The van der Waals surface area contributed by atoms with Crippen molar-refractivity contribution in [3.05, 3.63) is 52.5 Å². The van der Waals surface area contributed by atoms with E-state index in [1.54, 1.807) is 18.4 Å². The lowest BCUT2D eigenvalue weighted by Crippen LogP contribution is -2.28. The molecule has 4 heteroatoms. The van der Waals surface area contributed by atoms with Crippen LogP contribution in [0.15, 0.2) is 41.9 Å². The largest absolute Gasteiger partial charge is 0.383 e. The van der Waals surface area contributed by atoms with Crippen LogP contribution < -0.4 is 5.32 Å². The minimum Gasteiger partial charge on any atom is -0.383 e. The van der Waals surface area contributed by atoms with Crippen molar-refractivity contribution in [2.75, 3.05) is 26.8 Å². The molecular weight excluding hydrogens is 268 g/mol. The van der Waals surface area contributed by atoms with E-state index in [0.717, 1.165) is 32.5 Å². The Morgan fingerprint density at radius 2 is 2.10 bits per heavy atom. The number of hydrogen-bond donors (Lipinski definition) is 1. The first kappa shape index (κ1) is 15.2. The van der Waals surface area contributed by atoms with Crippen LogP contribution in [0, 0.1) is 5.92 Å². The Morgan fingerprint density at radius 1 is 1.25 bits per heavy atom. The van der Waals surface area contributed by atoms with Crippen molar-refractivity contribution in [2.24, 2.45) is 5.92 Å². The van der Waals surface area contributed by atoms with E-state index >= 15 is 0 Å². The lowest BCUT2D eigenvalue weighted by molar-refractivity contribution is 0.197. The highest BCUT2D eigenvalue weighted by Crippen LogP contribution is 2.16. The van der Waals surface area contributed by atoms with Gasteiger partial charge in [-0.25, -0.2) is 4.98 Å². The topological polar surface area (TPSA) is 34.1 Å². The number of ether oxygens (including phenoxy) is 1. The summed E-state index contributed by atoms with van der Waals surface area (Å²) in [4.78, 5) is 4.41. The average Bonchev–Trinajstić information content (AvgIpc) is 2.97. The number of benzene rings is 1. The molecule has 1 heterocycles. The van der Waals surface area contributed by atoms with E-state index in [-0.39, 0.29) is 0 Å². The van der Waals surface area contributed by atoms with E-state index in [9.17, 15) is 0 Å². The van der Waals surface area contributed by atoms with Crippen molar-refractivity contribution in [1.29, 1.82) is 0 Å². The summed E-state index contributed by atoms with van der Waals surface area (Å²) in [5.74, 6) is 0.570. The van der Waals surface area contributed by atoms with Crippen LogP contribution in [-0.2, 0) is 17.6 Å². The molecule has 0 aliphatic rings. The van der Waals surface area contributed by atoms with E-state index in [1.165, 1.54) is 10.6 Å². The summed E-state index contributed by atoms with van der Waals surface area (Å²) in [6.07, 6.45) is 4.00. The van der Waals surface area contributed by atoms with Gasteiger partial charge in [0, 0.05) is 31.7 Å². The van der Waals surface area contributed by atoms with Crippen molar-refractivity contribution in [2.45, 2.75) is 12.8 Å². The minimum atomic E-state index is 0.570. The molecule has 20 heavy (non-hydrogen) atoms. The third-order valence-corrected chi connectivity index (χ3v) is 4.03. The third kappa shape index (κ3) is 5.41. The van der Waals surface area contributed by atoms with Crippen LogP contribution in [0.4, 0.5) is 0 Å². The number of rotatable bonds is 9. The molecule has 0 saturated carbocycles. The zero-order chi connectivity index (χ0) is 14.0. The summed E-state index contributed by atoms with van der Waals surface area (Å²) < 4.78 is 5.08. The predicted octanol–water partition coefficient (Wildman–Crippen LogP) is 2.78. The second kappa shape index (κ2) is 8.84. The Bertz CT molecular complexity index is 459. The maximum atomic E-state index is 5.08. The Hall–Kier alpha value is -1.23. The summed E-state index contributed by atoms with van der Waals surface area (Å²) in [6, 6.07) is 10.7. The summed E-state index contributed by atoms with van der Waals surface area (Å²) in [5, 5.41) is 6.74. The Kier molecular flexibility index (Phi) is 6.71. The second-order valence-corrected chi connectivity index (χ2v) is 5.86. The van der Waals surface area contributed by atoms with Crippen LogP contribution in [0.1, 0.15) is 10.6 Å². The van der Waals surface area contributed by atoms with Crippen molar-refractivity contribution in [3.8, 4) is 0 Å². The van der Waals surface area contributed by atoms with Gasteiger partial charge in [0.15, 0.2) is 0 Å². The summed E-state index contributed by atoms with van der Waals surface area (Å²) in [7, 11) is 1.73. The van der Waals surface area contributed by atoms with Gasteiger partial charge in [-0.15, -0.1) is 11.3 Å². The lowest BCUT2D eigenvalue weighted by atomic mass is 9.96. The van der Waals surface area contributed by atoms with Gasteiger partial charge in [-0.1, -0.05) is 30.3 Å². The highest BCUT2D eigenvalue weighted by atomic mass is 32.1. The number of hydrogen-bond acceptors (Lipinski definition) is 4. The molecular formula is C16H22N2OS. The van der Waals surface area contributed by atoms with Crippen LogP contribution in [0.3, 0.4) is 0 Å². The number of thiazole rings is 1. The van der Waals surface area contributed by atoms with Crippen molar-refractivity contribution in [3.63, 3.8) is 0 Å². The molecule has 0 aliphatic heterocycles. The van der Waals surface area contributed by atoms with E-state index in [0.29, 0.717) is 5.92 Å². The molecule has 0 aliphatic carbocycles. The van der Waals surface area contributed by atoms with Gasteiger partial charge in [0.2, 0.25) is 0 Å². The van der Waals surface area contributed by atoms with Crippen LogP contribution >= 0.6 is 11.3 Å². The van der Waals surface area contributed by atoms with Gasteiger partial charge >= 0.3 is 0 Å². The molecule has 1 aromatic heterocycles. The first-order valence-electron chi connectivity index (χ1n) is 7.00. The highest BCUT2D eigenvalue weighted by molar-refractivity contribution is 7.09. The van der Waals surface area contributed by atoms with Crippen molar-refractivity contribution >= 4 is 11.3 Å². The zero-order valence-electron chi connectivity index (χ0n) is 11.9. The predicted molar refractivity (Wildman–Crippen MR) is 84.2 cm³/mol. The molecule has 108 valence electrons. The van der Waals surface area contributed by atoms with Gasteiger partial charge in [-0.2, -0.15) is 0 Å². The molecule has 1 unspecified atom stereocenters. The van der Waals surface area contributed by atoms with E-state index in [1.807, 2.05) is 11.6 Å². The SMILES string of the molecule is COCCNCC(Cc1ccccc1)Cc1nccs1. The number of methoxy groups -OCH3 is 1. The molecule has 1 atom stereocenters. The molecule has 0 bridgehead atoms. The third-order valence-electron chi connectivity index (χ3n) is 3.23. The monoisotopic (exact) mass is 290 g/mol. The van der Waals surface area contributed by atoms with E-state index in [4.69, 9.17) is 4.74 Å². The van der Waals surface area contributed by atoms with Gasteiger partial charge in [0.1, 0.15) is 0 Å². The number of nitrogens with zero attached hydrogens (tertiary/aromatic N) is 1. The molecule has 2 aromatic rings. The van der Waals surface area contributed by atoms with Gasteiger partial charge in [0.25, 0.3) is 0 Å². The summed E-state index contributed by atoms with van der Waals surface area (Å²) >= 11 is 1.74. The molecule has 0 radical (unpaired) electrons. The van der Waals surface area contributed by atoms with Gasteiger partial charge in [0.05, 0.1) is 11.6 Å². The van der Waals surface area contributed by atoms with Crippen LogP contribution in [0.2, 0.25) is 0 Å². The molecule has 3 nitrogen and oxygen atoms in total. The average molecular weight is 290 g/mol. The van der Waals surface area contributed by atoms with Crippen molar-refractivity contribution in [1.82, 2.24) is 10.3 Å². The molecule has 0 fully saturated rings. The highest BCUT2D eigenvalue weighted by Gasteiger charge is 2.12. The molecule has 0 amide bonds. The van der Waals surface area contributed by atoms with Gasteiger partial charge < -0.3 is 10.1 Å². The standard InChI is InChI=1S/C16H22N2OS/c1-19-9-7-17-13-15(12-16-18-8-10-20-16)11-14-5-3-2-4-6-14/h2-6,8,10,15,17H,7,9,11-13H2,1H3. The second-order valence-electron chi connectivity index (χ2n) is 4.88. The zero-order valence-corrected chi connectivity index (χ0v) is 12.7.